The predicted molar refractivity (Wildman–Crippen MR) is 71.5 cm³/mol. The van der Waals surface area contributed by atoms with E-state index >= 15 is 0 Å². The first kappa shape index (κ1) is 18.8. The average Bonchev–Trinajstić information content (AvgIpc) is 2.43. The Bertz CT molecular complexity index is 492. The van der Waals surface area contributed by atoms with E-state index in [4.69, 9.17) is 24.7 Å². The van der Waals surface area contributed by atoms with Crippen molar-refractivity contribution in [2.75, 3.05) is 7.11 Å². The molecule has 130 valence electrons. The van der Waals surface area contributed by atoms with E-state index in [2.05, 4.69) is 4.74 Å². The largest absolute Gasteiger partial charge is 0.467 e. The van der Waals surface area contributed by atoms with E-state index in [-0.39, 0.29) is 0 Å². The van der Waals surface area contributed by atoms with Gasteiger partial charge in [-0.1, -0.05) is 0 Å². The fourth-order valence-corrected chi connectivity index (χ4v) is 2.15. The molecule has 0 aliphatic carbocycles. The number of ether oxygens (including phenoxy) is 5. The molecule has 0 saturated carbocycles. The number of esters is 4. The van der Waals surface area contributed by atoms with Crippen LogP contribution < -0.4 is 5.73 Å². The van der Waals surface area contributed by atoms with Gasteiger partial charge in [-0.05, 0) is 0 Å². The molecular weight excluding hydrogens is 314 g/mol. The highest BCUT2D eigenvalue weighted by Gasteiger charge is 2.53. The van der Waals surface area contributed by atoms with Crippen LogP contribution in [-0.2, 0) is 42.9 Å². The van der Waals surface area contributed by atoms with Gasteiger partial charge in [0.2, 0.25) is 0 Å². The van der Waals surface area contributed by atoms with E-state index in [1.54, 1.807) is 0 Å². The van der Waals surface area contributed by atoms with Crippen LogP contribution in [0, 0.1) is 0 Å². The van der Waals surface area contributed by atoms with Gasteiger partial charge >= 0.3 is 23.9 Å². The zero-order chi connectivity index (χ0) is 17.7. The molecule has 0 spiro atoms. The van der Waals surface area contributed by atoms with Crippen LogP contribution in [0.3, 0.4) is 0 Å². The van der Waals surface area contributed by atoms with Crippen molar-refractivity contribution in [1.82, 2.24) is 0 Å². The summed E-state index contributed by atoms with van der Waals surface area (Å²) in [6.45, 7) is 3.31. The summed E-state index contributed by atoms with van der Waals surface area (Å²) in [5, 5.41) is 0. The van der Waals surface area contributed by atoms with Gasteiger partial charge in [0.25, 0.3) is 0 Å². The molecule has 0 unspecified atom stereocenters. The Labute approximate surface area is 132 Å². The predicted octanol–water partition coefficient (Wildman–Crippen LogP) is -1.36. The van der Waals surface area contributed by atoms with E-state index in [1.807, 2.05) is 0 Å². The minimum Gasteiger partial charge on any atom is -0.467 e. The van der Waals surface area contributed by atoms with Crippen LogP contribution in [-0.4, -0.2) is 61.6 Å². The first-order chi connectivity index (χ1) is 10.7. The van der Waals surface area contributed by atoms with Crippen molar-refractivity contribution in [3.05, 3.63) is 0 Å². The van der Waals surface area contributed by atoms with E-state index < -0.39 is 54.5 Å². The fraction of sp³-hybridized carbons (Fsp3) is 0.692. The maximum Gasteiger partial charge on any atom is 0.339 e. The molecule has 1 rings (SSSR count). The van der Waals surface area contributed by atoms with Crippen molar-refractivity contribution in [1.29, 1.82) is 0 Å². The van der Waals surface area contributed by atoms with Crippen LogP contribution in [0.5, 0.6) is 0 Å². The molecule has 0 amide bonds. The molecule has 0 bridgehead atoms. The maximum absolute atomic E-state index is 11.8. The lowest BCUT2D eigenvalue weighted by Gasteiger charge is -2.42. The lowest BCUT2D eigenvalue weighted by molar-refractivity contribution is -0.247. The summed E-state index contributed by atoms with van der Waals surface area (Å²) in [6, 6.07) is 0. The van der Waals surface area contributed by atoms with Gasteiger partial charge in [0.1, 0.15) is 6.23 Å². The fourth-order valence-electron chi connectivity index (χ4n) is 2.15. The van der Waals surface area contributed by atoms with Crippen LogP contribution in [0.2, 0.25) is 0 Å². The molecule has 2 N–H and O–H groups in total. The van der Waals surface area contributed by atoms with Crippen LogP contribution in [0.1, 0.15) is 20.8 Å². The SMILES string of the molecule is COC(=O)[C@H]1O[C@@H](N)[C@H](OC(C)=O)[C@@H](OC(C)=O)[C@@H]1OC(C)=O. The summed E-state index contributed by atoms with van der Waals surface area (Å²) in [6.07, 6.45) is -6.70. The summed E-state index contributed by atoms with van der Waals surface area (Å²) < 4.78 is 24.8. The molecule has 1 saturated heterocycles. The summed E-state index contributed by atoms with van der Waals surface area (Å²) in [5.41, 5.74) is 5.73. The number of carbonyl (C=O) groups is 4. The summed E-state index contributed by atoms with van der Waals surface area (Å²) in [7, 11) is 1.10. The zero-order valence-corrected chi connectivity index (χ0v) is 13.1. The van der Waals surface area contributed by atoms with Gasteiger partial charge in [-0.2, -0.15) is 0 Å². The molecule has 10 heteroatoms. The molecule has 1 heterocycles. The van der Waals surface area contributed by atoms with Gasteiger partial charge in [0.15, 0.2) is 24.4 Å². The quantitative estimate of drug-likeness (QED) is 0.484. The molecule has 23 heavy (non-hydrogen) atoms. The summed E-state index contributed by atoms with van der Waals surface area (Å²) >= 11 is 0. The smallest absolute Gasteiger partial charge is 0.339 e. The van der Waals surface area contributed by atoms with E-state index in [0.29, 0.717) is 0 Å². The molecule has 10 nitrogen and oxygen atoms in total. The van der Waals surface area contributed by atoms with Gasteiger partial charge in [-0.3, -0.25) is 14.4 Å². The molecule has 0 aromatic rings. The highest BCUT2D eigenvalue weighted by atomic mass is 16.7. The van der Waals surface area contributed by atoms with Crippen molar-refractivity contribution in [3.8, 4) is 0 Å². The van der Waals surface area contributed by atoms with E-state index in [9.17, 15) is 19.2 Å². The summed E-state index contributed by atoms with van der Waals surface area (Å²) in [5.74, 6) is -3.11. The number of methoxy groups -OCH3 is 1. The van der Waals surface area contributed by atoms with Crippen LogP contribution in [0.4, 0.5) is 0 Å². The third-order valence-electron chi connectivity index (χ3n) is 2.91. The Morgan fingerprint density at radius 3 is 1.70 bits per heavy atom. The number of hydrogen-bond acceptors (Lipinski definition) is 10. The number of nitrogens with two attached hydrogens (primary N) is 1. The second-order valence-corrected chi connectivity index (χ2v) is 4.77. The third-order valence-corrected chi connectivity index (χ3v) is 2.91. The normalized spacial score (nSPS) is 30.0. The third kappa shape index (κ3) is 4.89. The Balaban J connectivity index is 3.21. The first-order valence-corrected chi connectivity index (χ1v) is 6.68. The van der Waals surface area contributed by atoms with Crippen molar-refractivity contribution in [2.45, 2.75) is 51.4 Å². The van der Waals surface area contributed by atoms with Gasteiger partial charge in [0, 0.05) is 20.8 Å². The average molecular weight is 333 g/mol. The van der Waals surface area contributed by atoms with Crippen LogP contribution in [0.25, 0.3) is 0 Å². The Morgan fingerprint density at radius 2 is 1.26 bits per heavy atom. The first-order valence-electron chi connectivity index (χ1n) is 6.68. The van der Waals surface area contributed by atoms with Crippen LogP contribution in [0.15, 0.2) is 0 Å². The molecule has 0 aromatic carbocycles. The molecular formula is C13H19NO9. The Kier molecular flexibility index (Phi) is 6.46. The molecule has 0 radical (unpaired) electrons. The minimum absolute atomic E-state index is 0.718. The van der Waals surface area contributed by atoms with Crippen molar-refractivity contribution < 1.29 is 42.9 Å². The number of rotatable bonds is 4. The minimum atomic E-state index is -1.44. The Morgan fingerprint density at radius 1 is 0.826 bits per heavy atom. The highest BCUT2D eigenvalue weighted by molar-refractivity contribution is 5.77. The van der Waals surface area contributed by atoms with Crippen molar-refractivity contribution >= 4 is 23.9 Å². The summed E-state index contributed by atoms with van der Waals surface area (Å²) in [4.78, 5) is 45.7. The standard InChI is InChI=1S/C13H19NO9/c1-5(15)20-8-9(21-6(2)16)11(13(18)19-4)23-12(14)10(8)22-7(3)17/h8-12H,14H2,1-4H3/t8-,9-,10+,11-,12+/m0/s1. The number of carbonyl (C=O) groups excluding carboxylic acids is 4. The Hall–Kier alpha value is -2.20. The van der Waals surface area contributed by atoms with Gasteiger partial charge in [-0.15, -0.1) is 0 Å². The van der Waals surface area contributed by atoms with Gasteiger partial charge in [0.05, 0.1) is 7.11 Å². The lowest BCUT2D eigenvalue weighted by atomic mass is 9.97. The van der Waals surface area contributed by atoms with E-state index in [0.717, 1.165) is 27.9 Å². The topological polar surface area (TPSA) is 140 Å². The van der Waals surface area contributed by atoms with E-state index in [1.165, 1.54) is 0 Å². The van der Waals surface area contributed by atoms with Crippen LogP contribution >= 0.6 is 0 Å². The number of hydrogen-bond donors (Lipinski definition) is 1. The molecule has 1 aliphatic rings. The van der Waals surface area contributed by atoms with Gasteiger partial charge in [-0.25, -0.2) is 4.79 Å². The molecule has 1 aliphatic heterocycles. The molecule has 0 aromatic heterocycles. The lowest BCUT2D eigenvalue weighted by Crippen LogP contribution is -2.65. The van der Waals surface area contributed by atoms with Gasteiger partial charge < -0.3 is 29.4 Å². The zero-order valence-electron chi connectivity index (χ0n) is 13.1. The molecule has 1 fully saturated rings. The monoisotopic (exact) mass is 333 g/mol. The molecule has 5 atom stereocenters. The van der Waals surface area contributed by atoms with Crippen molar-refractivity contribution in [2.24, 2.45) is 5.73 Å². The maximum atomic E-state index is 11.8. The second kappa shape index (κ2) is 7.88. The highest BCUT2D eigenvalue weighted by Crippen LogP contribution is 2.27. The second-order valence-electron chi connectivity index (χ2n) is 4.77. The van der Waals surface area contributed by atoms with Crippen molar-refractivity contribution in [3.63, 3.8) is 0 Å².